The molecular weight excluding hydrogens is 248 g/mol. The molecule has 0 unspecified atom stereocenters. The van der Waals surface area contributed by atoms with Crippen molar-refractivity contribution in [2.24, 2.45) is 5.73 Å². The molecule has 20 heavy (non-hydrogen) atoms. The predicted molar refractivity (Wildman–Crippen MR) is 81.6 cm³/mol. The van der Waals surface area contributed by atoms with E-state index in [1.54, 1.807) is 0 Å². The zero-order valence-electron chi connectivity index (χ0n) is 11.6. The van der Waals surface area contributed by atoms with Crippen molar-refractivity contribution in [3.8, 4) is 11.5 Å². The summed E-state index contributed by atoms with van der Waals surface area (Å²) in [4.78, 5) is 4.59. The van der Waals surface area contributed by atoms with Crippen LogP contribution in [-0.4, -0.2) is 11.5 Å². The van der Waals surface area contributed by atoms with Crippen molar-refractivity contribution in [3.05, 3.63) is 53.6 Å². The summed E-state index contributed by atoms with van der Waals surface area (Å²) in [6.07, 6.45) is 1.98. The lowest BCUT2D eigenvalue weighted by Crippen LogP contribution is -2.00. The highest BCUT2D eigenvalue weighted by atomic mass is 16.3. The van der Waals surface area contributed by atoms with Gasteiger partial charge in [-0.2, -0.15) is 0 Å². The summed E-state index contributed by atoms with van der Waals surface area (Å²) >= 11 is 0. The molecule has 0 saturated heterocycles. The lowest BCUT2D eigenvalue weighted by molar-refractivity contribution is 0.619. The first-order chi connectivity index (χ1) is 9.76. The van der Waals surface area contributed by atoms with Crippen LogP contribution in [0.1, 0.15) is 17.5 Å². The van der Waals surface area contributed by atoms with Crippen LogP contribution in [0.15, 0.2) is 46.9 Å². The Morgan fingerprint density at radius 2 is 2.05 bits per heavy atom. The van der Waals surface area contributed by atoms with Crippen molar-refractivity contribution < 1.29 is 4.42 Å². The Bertz CT molecular complexity index is 731. The fourth-order valence-corrected chi connectivity index (χ4v) is 2.34. The maximum Gasteiger partial charge on any atom is 0.227 e. The second-order valence-corrected chi connectivity index (χ2v) is 5.08. The highest BCUT2D eigenvalue weighted by molar-refractivity contribution is 5.77. The minimum atomic E-state index is 0.680. The summed E-state index contributed by atoms with van der Waals surface area (Å²) in [7, 11) is 0. The van der Waals surface area contributed by atoms with Gasteiger partial charge in [0, 0.05) is 5.56 Å². The molecule has 0 spiro atoms. The van der Waals surface area contributed by atoms with Crippen LogP contribution in [0, 0.1) is 6.92 Å². The number of benzene rings is 2. The molecule has 3 rings (SSSR count). The molecule has 1 aromatic heterocycles. The summed E-state index contributed by atoms with van der Waals surface area (Å²) in [6, 6.07) is 14.4. The Labute approximate surface area is 118 Å². The van der Waals surface area contributed by atoms with E-state index in [0.29, 0.717) is 12.4 Å². The summed E-state index contributed by atoms with van der Waals surface area (Å²) in [5, 5.41) is 0. The molecule has 102 valence electrons. The minimum absolute atomic E-state index is 0.680. The lowest BCUT2D eigenvalue weighted by Gasteiger charge is -1.97. The Kier molecular flexibility index (Phi) is 3.52. The third-order valence-electron chi connectivity index (χ3n) is 3.39. The molecule has 0 aliphatic heterocycles. The number of fused-ring (bicyclic) bond motifs is 1. The monoisotopic (exact) mass is 266 g/mol. The van der Waals surface area contributed by atoms with E-state index in [-0.39, 0.29) is 0 Å². The Hall–Kier alpha value is -2.13. The molecule has 2 N–H and O–H groups in total. The standard InChI is InChI=1S/C17H18N2O/c1-12-4-2-6-14(10-12)17-19-15-11-13(5-3-9-18)7-8-16(15)20-17/h2,4,6-8,10-11H,3,5,9,18H2,1H3. The van der Waals surface area contributed by atoms with E-state index < -0.39 is 0 Å². The first-order valence-electron chi connectivity index (χ1n) is 6.93. The van der Waals surface area contributed by atoms with Crippen molar-refractivity contribution in [3.63, 3.8) is 0 Å². The van der Waals surface area contributed by atoms with Crippen LogP contribution < -0.4 is 5.73 Å². The lowest BCUT2D eigenvalue weighted by atomic mass is 10.1. The van der Waals surface area contributed by atoms with E-state index >= 15 is 0 Å². The SMILES string of the molecule is Cc1cccc(-c2nc3cc(CCCN)ccc3o2)c1. The van der Waals surface area contributed by atoms with Crippen LogP contribution in [-0.2, 0) is 6.42 Å². The molecule has 0 bridgehead atoms. The molecule has 2 aromatic carbocycles. The highest BCUT2D eigenvalue weighted by Crippen LogP contribution is 2.25. The number of aromatic nitrogens is 1. The average molecular weight is 266 g/mol. The van der Waals surface area contributed by atoms with Crippen molar-refractivity contribution in [2.75, 3.05) is 6.54 Å². The fraction of sp³-hybridized carbons (Fsp3) is 0.235. The van der Waals surface area contributed by atoms with Gasteiger partial charge in [0.1, 0.15) is 5.52 Å². The maximum absolute atomic E-state index is 5.83. The van der Waals surface area contributed by atoms with Crippen LogP contribution in [0.25, 0.3) is 22.6 Å². The van der Waals surface area contributed by atoms with Gasteiger partial charge in [0.25, 0.3) is 0 Å². The number of nitrogens with zero attached hydrogens (tertiary/aromatic N) is 1. The van der Waals surface area contributed by atoms with Gasteiger partial charge < -0.3 is 10.2 Å². The molecule has 3 aromatic rings. The van der Waals surface area contributed by atoms with Crippen LogP contribution in [0.5, 0.6) is 0 Å². The smallest absolute Gasteiger partial charge is 0.227 e. The van der Waals surface area contributed by atoms with Gasteiger partial charge >= 0.3 is 0 Å². The van der Waals surface area contributed by atoms with Crippen molar-refractivity contribution in [1.29, 1.82) is 0 Å². The van der Waals surface area contributed by atoms with Gasteiger partial charge in [-0.15, -0.1) is 0 Å². The third kappa shape index (κ3) is 2.58. The molecule has 0 saturated carbocycles. The summed E-state index contributed by atoms with van der Waals surface area (Å²) in [6.45, 7) is 2.78. The Morgan fingerprint density at radius 3 is 2.85 bits per heavy atom. The van der Waals surface area contributed by atoms with Crippen LogP contribution in [0.3, 0.4) is 0 Å². The van der Waals surface area contributed by atoms with Gasteiger partial charge in [0.2, 0.25) is 5.89 Å². The van der Waals surface area contributed by atoms with Gasteiger partial charge in [0.15, 0.2) is 5.58 Å². The molecule has 3 heteroatoms. The zero-order valence-corrected chi connectivity index (χ0v) is 11.6. The van der Waals surface area contributed by atoms with E-state index in [9.17, 15) is 0 Å². The van der Waals surface area contributed by atoms with Gasteiger partial charge in [0.05, 0.1) is 0 Å². The molecule has 0 amide bonds. The summed E-state index contributed by atoms with van der Waals surface area (Å²) in [5.41, 5.74) is 10.8. The third-order valence-corrected chi connectivity index (χ3v) is 3.39. The van der Waals surface area contributed by atoms with Gasteiger partial charge in [-0.05, 0) is 56.1 Å². The predicted octanol–water partition coefficient (Wildman–Crippen LogP) is 3.69. The Morgan fingerprint density at radius 1 is 1.15 bits per heavy atom. The van der Waals surface area contributed by atoms with E-state index in [2.05, 4.69) is 36.2 Å². The second kappa shape index (κ2) is 5.47. The molecule has 0 atom stereocenters. The van der Waals surface area contributed by atoms with Crippen LogP contribution >= 0.6 is 0 Å². The quantitative estimate of drug-likeness (QED) is 0.783. The fourth-order valence-electron chi connectivity index (χ4n) is 2.34. The summed E-state index contributed by atoms with van der Waals surface area (Å²) < 4.78 is 5.83. The molecular formula is C17H18N2O. The number of hydrogen-bond donors (Lipinski definition) is 1. The Balaban J connectivity index is 1.98. The van der Waals surface area contributed by atoms with Crippen LogP contribution in [0.2, 0.25) is 0 Å². The van der Waals surface area contributed by atoms with Crippen molar-refractivity contribution in [1.82, 2.24) is 4.98 Å². The molecule has 0 aliphatic rings. The topological polar surface area (TPSA) is 52.0 Å². The van der Waals surface area contributed by atoms with E-state index in [1.807, 2.05) is 18.2 Å². The first-order valence-corrected chi connectivity index (χ1v) is 6.93. The number of rotatable bonds is 4. The van der Waals surface area contributed by atoms with Gasteiger partial charge in [-0.25, -0.2) is 4.98 Å². The number of nitrogens with two attached hydrogens (primary N) is 1. The maximum atomic E-state index is 5.83. The van der Waals surface area contributed by atoms with Gasteiger partial charge in [-0.3, -0.25) is 0 Å². The second-order valence-electron chi connectivity index (χ2n) is 5.08. The van der Waals surface area contributed by atoms with Crippen molar-refractivity contribution >= 4 is 11.1 Å². The van der Waals surface area contributed by atoms with E-state index in [0.717, 1.165) is 29.5 Å². The zero-order chi connectivity index (χ0) is 13.9. The van der Waals surface area contributed by atoms with Crippen LogP contribution in [0.4, 0.5) is 0 Å². The highest BCUT2D eigenvalue weighted by Gasteiger charge is 2.08. The molecule has 3 nitrogen and oxygen atoms in total. The number of oxazole rings is 1. The van der Waals surface area contributed by atoms with E-state index in [1.165, 1.54) is 11.1 Å². The first kappa shape index (κ1) is 12.9. The molecule has 0 radical (unpaired) electrons. The van der Waals surface area contributed by atoms with Crippen molar-refractivity contribution in [2.45, 2.75) is 19.8 Å². The van der Waals surface area contributed by atoms with E-state index in [4.69, 9.17) is 10.2 Å². The number of aryl methyl sites for hydroxylation is 2. The molecule has 0 aliphatic carbocycles. The largest absolute Gasteiger partial charge is 0.436 e. The number of hydrogen-bond acceptors (Lipinski definition) is 3. The molecule has 1 heterocycles. The normalized spacial score (nSPS) is 11.1. The average Bonchev–Trinajstić information content (AvgIpc) is 2.88. The minimum Gasteiger partial charge on any atom is -0.436 e. The van der Waals surface area contributed by atoms with Gasteiger partial charge in [-0.1, -0.05) is 23.8 Å². The summed E-state index contributed by atoms with van der Waals surface area (Å²) in [5.74, 6) is 0.680. The molecule has 0 fully saturated rings.